The minimum Gasteiger partial charge on any atom is -0.372 e. The fourth-order valence-electron chi connectivity index (χ4n) is 3.16. The highest BCUT2D eigenvalue weighted by Crippen LogP contribution is 2.35. The molecule has 112 valence electrons. The molecule has 0 spiro atoms. The Labute approximate surface area is 133 Å². The van der Waals surface area contributed by atoms with E-state index in [0.29, 0.717) is 0 Å². The number of anilines is 1. The second-order valence-corrected chi connectivity index (χ2v) is 5.76. The van der Waals surface area contributed by atoms with Crippen LogP contribution in [0.1, 0.15) is 30.5 Å². The first-order valence-electron chi connectivity index (χ1n) is 8.06. The second-order valence-electron chi connectivity index (χ2n) is 5.76. The Balaban J connectivity index is 2.00. The van der Waals surface area contributed by atoms with E-state index in [1.165, 1.54) is 33.5 Å². The summed E-state index contributed by atoms with van der Waals surface area (Å²) in [5.41, 5.74) is 7.74. The first-order chi connectivity index (χ1) is 10.7. The minimum absolute atomic E-state index is 0.936. The first kappa shape index (κ1) is 14.6. The highest BCUT2D eigenvalue weighted by atomic mass is 15.1. The SMILES string of the molecule is C=C1Cc2cc(N(CC)CC)ccc2C=C1c1ccccc1. The van der Waals surface area contributed by atoms with Crippen LogP contribution >= 0.6 is 0 Å². The normalized spacial score (nSPS) is 13.5. The molecule has 0 heterocycles. The van der Waals surface area contributed by atoms with Crippen LogP contribution in [0.25, 0.3) is 11.6 Å². The van der Waals surface area contributed by atoms with Crippen molar-refractivity contribution in [3.05, 3.63) is 77.4 Å². The average molecular weight is 289 g/mol. The lowest BCUT2D eigenvalue weighted by molar-refractivity contribution is 0.864. The van der Waals surface area contributed by atoms with Crippen molar-refractivity contribution < 1.29 is 0 Å². The molecule has 2 aromatic carbocycles. The molecule has 0 amide bonds. The van der Waals surface area contributed by atoms with Gasteiger partial charge in [-0.1, -0.05) is 43.0 Å². The molecule has 0 atom stereocenters. The van der Waals surface area contributed by atoms with Crippen LogP contribution in [0.3, 0.4) is 0 Å². The van der Waals surface area contributed by atoms with Crippen LogP contribution in [-0.2, 0) is 6.42 Å². The molecule has 1 nitrogen and oxygen atoms in total. The molecule has 0 saturated heterocycles. The molecular formula is C21H23N. The van der Waals surface area contributed by atoms with Crippen LogP contribution in [0.15, 0.2) is 60.7 Å². The van der Waals surface area contributed by atoms with Gasteiger partial charge in [-0.2, -0.15) is 0 Å². The van der Waals surface area contributed by atoms with Gasteiger partial charge in [-0.3, -0.25) is 0 Å². The fraction of sp³-hybridized carbons (Fsp3) is 0.238. The van der Waals surface area contributed by atoms with Crippen LogP contribution < -0.4 is 4.90 Å². The highest BCUT2D eigenvalue weighted by molar-refractivity contribution is 5.94. The monoisotopic (exact) mass is 289 g/mol. The van der Waals surface area contributed by atoms with Gasteiger partial charge in [0.25, 0.3) is 0 Å². The van der Waals surface area contributed by atoms with Gasteiger partial charge in [0.15, 0.2) is 0 Å². The van der Waals surface area contributed by atoms with Crippen molar-refractivity contribution in [2.75, 3.05) is 18.0 Å². The van der Waals surface area contributed by atoms with Crippen LogP contribution in [0.5, 0.6) is 0 Å². The summed E-state index contributed by atoms with van der Waals surface area (Å²) in [4.78, 5) is 2.39. The number of fused-ring (bicyclic) bond motifs is 1. The third-order valence-electron chi connectivity index (χ3n) is 4.42. The molecule has 0 aliphatic heterocycles. The molecule has 1 aliphatic carbocycles. The quantitative estimate of drug-likeness (QED) is 0.749. The fourth-order valence-corrected chi connectivity index (χ4v) is 3.16. The van der Waals surface area contributed by atoms with Crippen molar-refractivity contribution in [3.8, 4) is 0 Å². The molecule has 0 aromatic heterocycles. The topological polar surface area (TPSA) is 3.24 Å². The Morgan fingerprint density at radius 3 is 2.41 bits per heavy atom. The standard InChI is InChI=1S/C21H23N/c1-4-22(5-2)20-12-11-18-15-21(16(3)13-19(18)14-20)17-9-7-6-8-10-17/h6-12,14-15H,3-5,13H2,1-2H3. The first-order valence-corrected chi connectivity index (χ1v) is 8.06. The summed E-state index contributed by atoms with van der Waals surface area (Å²) in [5.74, 6) is 0. The van der Waals surface area contributed by atoms with Gasteiger partial charge in [0.1, 0.15) is 0 Å². The summed E-state index contributed by atoms with van der Waals surface area (Å²) in [5, 5.41) is 0. The lowest BCUT2D eigenvalue weighted by Gasteiger charge is -2.25. The molecule has 22 heavy (non-hydrogen) atoms. The largest absolute Gasteiger partial charge is 0.372 e. The summed E-state index contributed by atoms with van der Waals surface area (Å²) in [6.07, 6.45) is 3.22. The van der Waals surface area contributed by atoms with Crippen molar-refractivity contribution in [1.82, 2.24) is 0 Å². The molecule has 1 heteroatoms. The Kier molecular flexibility index (Phi) is 4.15. The summed E-state index contributed by atoms with van der Waals surface area (Å²) < 4.78 is 0. The molecule has 0 saturated carbocycles. The summed E-state index contributed by atoms with van der Waals surface area (Å²) in [6.45, 7) is 10.8. The predicted molar refractivity (Wildman–Crippen MR) is 97.2 cm³/mol. The lowest BCUT2D eigenvalue weighted by atomic mass is 9.85. The van der Waals surface area contributed by atoms with Crippen molar-refractivity contribution in [2.45, 2.75) is 20.3 Å². The zero-order valence-electron chi connectivity index (χ0n) is 13.5. The van der Waals surface area contributed by atoms with Crippen LogP contribution in [0.4, 0.5) is 5.69 Å². The van der Waals surface area contributed by atoms with Gasteiger partial charge in [0, 0.05) is 18.8 Å². The number of hydrogen-bond donors (Lipinski definition) is 0. The minimum atomic E-state index is 0.936. The van der Waals surface area contributed by atoms with Gasteiger partial charge >= 0.3 is 0 Å². The number of hydrogen-bond acceptors (Lipinski definition) is 1. The van der Waals surface area contributed by atoms with Gasteiger partial charge in [-0.25, -0.2) is 0 Å². The number of benzene rings is 2. The van der Waals surface area contributed by atoms with E-state index in [4.69, 9.17) is 0 Å². The Hall–Kier alpha value is -2.28. The molecule has 0 N–H and O–H groups in total. The second kappa shape index (κ2) is 6.23. The van der Waals surface area contributed by atoms with E-state index < -0.39 is 0 Å². The van der Waals surface area contributed by atoms with E-state index >= 15 is 0 Å². The molecule has 2 aromatic rings. The molecule has 0 unspecified atom stereocenters. The van der Waals surface area contributed by atoms with E-state index in [9.17, 15) is 0 Å². The molecule has 0 bridgehead atoms. The van der Waals surface area contributed by atoms with Crippen LogP contribution in [0.2, 0.25) is 0 Å². The van der Waals surface area contributed by atoms with E-state index in [1.54, 1.807) is 0 Å². The zero-order chi connectivity index (χ0) is 15.5. The highest BCUT2D eigenvalue weighted by Gasteiger charge is 2.16. The van der Waals surface area contributed by atoms with Gasteiger partial charge in [-0.05, 0) is 66.3 Å². The summed E-state index contributed by atoms with van der Waals surface area (Å²) in [6, 6.07) is 17.4. The van der Waals surface area contributed by atoms with E-state index in [-0.39, 0.29) is 0 Å². The maximum Gasteiger partial charge on any atom is 0.0369 e. The molecule has 0 fully saturated rings. The van der Waals surface area contributed by atoms with E-state index in [1.807, 2.05) is 0 Å². The van der Waals surface area contributed by atoms with Crippen molar-refractivity contribution in [3.63, 3.8) is 0 Å². The van der Waals surface area contributed by atoms with Gasteiger partial charge in [0.2, 0.25) is 0 Å². The van der Waals surface area contributed by atoms with E-state index in [0.717, 1.165) is 19.5 Å². The van der Waals surface area contributed by atoms with Crippen molar-refractivity contribution in [2.24, 2.45) is 0 Å². The van der Waals surface area contributed by atoms with Gasteiger partial charge < -0.3 is 4.90 Å². The van der Waals surface area contributed by atoms with Gasteiger partial charge in [0.05, 0.1) is 0 Å². The Morgan fingerprint density at radius 2 is 1.73 bits per heavy atom. The predicted octanol–water partition coefficient (Wildman–Crippen LogP) is 5.19. The summed E-state index contributed by atoms with van der Waals surface area (Å²) in [7, 11) is 0. The van der Waals surface area contributed by atoms with Gasteiger partial charge in [-0.15, -0.1) is 0 Å². The van der Waals surface area contributed by atoms with Crippen LogP contribution in [-0.4, -0.2) is 13.1 Å². The number of rotatable bonds is 4. The van der Waals surface area contributed by atoms with Crippen LogP contribution in [0, 0.1) is 0 Å². The molecular weight excluding hydrogens is 266 g/mol. The smallest absolute Gasteiger partial charge is 0.0369 e. The molecule has 1 aliphatic rings. The molecule has 0 radical (unpaired) electrons. The maximum atomic E-state index is 4.30. The lowest BCUT2D eigenvalue weighted by Crippen LogP contribution is -2.22. The number of nitrogens with zero attached hydrogens (tertiary/aromatic N) is 1. The Morgan fingerprint density at radius 1 is 1.00 bits per heavy atom. The maximum absolute atomic E-state index is 4.30. The third-order valence-corrected chi connectivity index (χ3v) is 4.42. The molecule has 3 rings (SSSR count). The zero-order valence-corrected chi connectivity index (χ0v) is 13.5. The third kappa shape index (κ3) is 2.71. The van der Waals surface area contributed by atoms with Crippen molar-refractivity contribution >= 4 is 17.3 Å². The number of allylic oxidation sites excluding steroid dienone is 2. The van der Waals surface area contributed by atoms with E-state index in [2.05, 4.69) is 79.9 Å². The Bertz CT molecular complexity index is 706. The summed E-state index contributed by atoms with van der Waals surface area (Å²) >= 11 is 0. The van der Waals surface area contributed by atoms with Crippen molar-refractivity contribution in [1.29, 1.82) is 0 Å². The average Bonchev–Trinajstić information content (AvgIpc) is 2.56.